The molecular formula is C7H9NO2S. The molecule has 0 aliphatic carbocycles. The van der Waals surface area contributed by atoms with Gasteiger partial charge in [-0.2, -0.15) is 0 Å². The van der Waals surface area contributed by atoms with Gasteiger partial charge < -0.3 is 10.8 Å². The van der Waals surface area contributed by atoms with Crippen LogP contribution < -0.4 is 5.73 Å². The minimum Gasteiger partial charge on any atom is -0.478 e. The van der Waals surface area contributed by atoms with Gasteiger partial charge in [0.15, 0.2) is 0 Å². The molecule has 0 aliphatic heterocycles. The Morgan fingerprint density at radius 2 is 2.00 bits per heavy atom. The van der Waals surface area contributed by atoms with Crippen LogP contribution in [-0.4, -0.2) is 11.1 Å². The highest BCUT2D eigenvalue weighted by Gasteiger charge is 2.15. The summed E-state index contributed by atoms with van der Waals surface area (Å²) in [6.07, 6.45) is 0. The van der Waals surface area contributed by atoms with E-state index in [0.29, 0.717) is 5.69 Å². The maximum atomic E-state index is 10.6. The lowest BCUT2D eigenvalue weighted by Crippen LogP contribution is -2.00. The highest BCUT2D eigenvalue weighted by molar-refractivity contribution is 7.12. The van der Waals surface area contributed by atoms with Crippen LogP contribution in [0.3, 0.4) is 0 Å². The third-order valence-corrected chi connectivity index (χ3v) is 2.56. The number of aromatic carboxylic acids is 1. The van der Waals surface area contributed by atoms with Gasteiger partial charge in [0.05, 0.1) is 11.3 Å². The van der Waals surface area contributed by atoms with Crippen molar-refractivity contribution in [2.24, 2.45) is 0 Å². The molecule has 0 aromatic carbocycles. The van der Waals surface area contributed by atoms with Crippen LogP contribution in [0.4, 0.5) is 5.69 Å². The molecule has 0 fully saturated rings. The second-order valence-electron chi connectivity index (χ2n) is 2.31. The minimum absolute atomic E-state index is 0.257. The van der Waals surface area contributed by atoms with Crippen molar-refractivity contribution in [3.63, 3.8) is 0 Å². The second kappa shape index (κ2) is 2.54. The monoisotopic (exact) mass is 171 g/mol. The molecule has 3 N–H and O–H groups in total. The Kier molecular flexibility index (Phi) is 1.87. The summed E-state index contributed by atoms with van der Waals surface area (Å²) in [7, 11) is 0. The van der Waals surface area contributed by atoms with Crippen LogP contribution in [-0.2, 0) is 0 Å². The fraction of sp³-hybridized carbons (Fsp3) is 0.286. The Bertz CT molecular complexity index is 304. The van der Waals surface area contributed by atoms with Crippen LogP contribution in [0, 0.1) is 13.8 Å². The van der Waals surface area contributed by atoms with Gasteiger partial charge in [-0.15, -0.1) is 11.3 Å². The molecule has 1 aromatic rings. The van der Waals surface area contributed by atoms with E-state index < -0.39 is 5.97 Å². The Morgan fingerprint density at radius 3 is 2.18 bits per heavy atom. The van der Waals surface area contributed by atoms with Gasteiger partial charge in [-0.25, -0.2) is 4.79 Å². The number of carboxylic acids is 1. The molecule has 0 amide bonds. The first kappa shape index (κ1) is 8.07. The van der Waals surface area contributed by atoms with E-state index >= 15 is 0 Å². The molecule has 0 bridgehead atoms. The third-order valence-electron chi connectivity index (χ3n) is 1.52. The molecule has 0 saturated heterocycles. The molecule has 60 valence electrons. The molecule has 0 spiro atoms. The fourth-order valence-corrected chi connectivity index (χ4v) is 1.94. The molecule has 4 heteroatoms. The summed E-state index contributed by atoms with van der Waals surface area (Å²) in [4.78, 5) is 12.2. The largest absolute Gasteiger partial charge is 0.478 e. The van der Waals surface area contributed by atoms with Gasteiger partial charge in [0.2, 0.25) is 0 Å². The lowest BCUT2D eigenvalue weighted by atomic mass is 10.2. The highest BCUT2D eigenvalue weighted by atomic mass is 32.1. The number of hydrogen-bond donors (Lipinski definition) is 2. The van der Waals surface area contributed by atoms with Crippen LogP contribution in [0.2, 0.25) is 0 Å². The number of nitrogen functional groups attached to an aromatic ring is 1. The zero-order valence-corrected chi connectivity index (χ0v) is 7.16. The number of hydrogen-bond acceptors (Lipinski definition) is 3. The van der Waals surface area contributed by atoms with E-state index in [9.17, 15) is 4.79 Å². The summed E-state index contributed by atoms with van der Waals surface area (Å²) in [5, 5.41) is 8.69. The summed E-state index contributed by atoms with van der Waals surface area (Å²) < 4.78 is 0. The quantitative estimate of drug-likeness (QED) is 0.675. The SMILES string of the molecule is Cc1sc(C)c(C(=O)O)c1N. The molecule has 1 heterocycles. The molecular weight excluding hydrogens is 162 g/mol. The molecule has 1 rings (SSSR count). The van der Waals surface area contributed by atoms with E-state index in [-0.39, 0.29) is 5.56 Å². The van der Waals surface area contributed by atoms with Crippen LogP contribution in [0.1, 0.15) is 20.1 Å². The van der Waals surface area contributed by atoms with Gasteiger partial charge in [0, 0.05) is 9.75 Å². The zero-order chi connectivity index (χ0) is 8.59. The summed E-state index contributed by atoms with van der Waals surface area (Å²) in [5.74, 6) is -0.940. The standard InChI is InChI=1S/C7H9NO2S/c1-3-5(7(9)10)6(8)4(2)11-3/h8H2,1-2H3,(H,9,10). The fourth-order valence-electron chi connectivity index (χ4n) is 0.967. The van der Waals surface area contributed by atoms with Crippen molar-refractivity contribution in [2.75, 3.05) is 5.73 Å². The first-order valence-electron chi connectivity index (χ1n) is 3.12. The lowest BCUT2D eigenvalue weighted by Gasteiger charge is -1.93. The highest BCUT2D eigenvalue weighted by Crippen LogP contribution is 2.29. The molecule has 0 aliphatic rings. The van der Waals surface area contributed by atoms with E-state index in [1.54, 1.807) is 6.92 Å². The van der Waals surface area contributed by atoms with E-state index in [1.807, 2.05) is 6.92 Å². The third kappa shape index (κ3) is 1.21. The van der Waals surface area contributed by atoms with Crippen LogP contribution >= 0.6 is 11.3 Å². The van der Waals surface area contributed by atoms with Gasteiger partial charge in [0.1, 0.15) is 0 Å². The van der Waals surface area contributed by atoms with E-state index in [0.717, 1.165) is 9.75 Å². The van der Waals surface area contributed by atoms with Crippen molar-refractivity contribution in [3.05, 3.63) is 15.3 Å². The first-order chi connectivity index (χ1) is 5.04. The maximum Gasteiger partial charge on any atom is 0.338 e. The predicted octanol–water partition coefficient (Wildman–Crippen LogP) is 1.65. The summed E-state index contributed by atoms with van der Waals surface area (Å²) in [6, 6.07) is 0. The molecule has 0 saturated carbocycles. The van der Waals surface area contributed by atoms with Crippen LogP contribution in [0.5, 0.6) is 0 Å². The normalized spacial score (nSPS) is 10.0. The number of anilines is 1. The average molecular weight is 171 g/mol. The van der Waals surface area contributed by atoms with Gasteiger partial charge >= 0.3 is 5.97 Å². The minimum atomic E-state index is -0.940. The first-order valence-corrected chi connectivity index (χ1v) is 3.94. The number of carboxylic acid groups (broad SMARTS) is 1. The molecule has 0 unspecified atom stereocenters. The number of rotatable bonds is 1. The number of aryl methyl sites for hydroxylation is 2. The van der Waals surface area contributed by atoms with Gasteiger partial charge in [-0.3, -0.25) is 0 Å². The smallest absolute Gasteiger partial charge is 0.338 e. The number of carbonyl (C=O) groups is 1. The Morgan fingerprint density at radius 1 is 1.45 bits per heavy atom. The van der Waals surface area contributed by atoms with Crippen molar-refractivity contribution < 1.29 is 9.90 Å². The summed E-state index contributed by atoms with van der Waals surface area (Å²) >= 11 is 1.42. The van der Waals surface area contributed by atoms with Crippen molar-refractivity contribution in [2.45, 2.75) is 13.8 Å². The summed E-state index contributed by atoms with van der Waals surface area (Å²) in [6.45, 7) is 3.58. The second-order valence-corrected chi connectivity index (χ2v) is 3.74. The maximum absolute atomic E-state index is 10.6. The number of thiophene rings is 1. The topological polar surface area (TPSA) is 63.3 Å². The van der Waals surface area contributed by atoms with Crippen molar-refractivity contribution in [3.8, 4) is 0 Å². The number of nitrogens with two attached hydrogens (primary N) is 1. The van der Waals surface area contributed by atoms with Gasteiger partial charge in [-0.05, 0) is 13.8 Å². The molecule has 3 nitrogen and oxygen atoms in total. The van der Waals surface area contributed by atoms with E-state index in [1.165, 1.54) is 11.3 Å². The van der Waals surface area contributed by atoms with Crippen molar-refractivity contribution >= 4 is 23.0 Å². The molecule has 11 heavy (non-hydrogen) atoms. The Balaban J connectivity index is 3.34. The molecule has 1 aromatic heterocycles. The van der Waals surface area contributed by atoms with Crippen LogP contribution in [0.15, 0.2) is 0 Å². The predicted molar refractivity (Wildman–Crippen MR) is 45.2 cm³/mol. The Hall–Kier alpha value is -1.03. The van der Waals surface area contributed by atoms with Gasteiger partial charge in [0.25, 0.3) is 0 Å². The van der Waals surface area contributed by atoms with E-state index in [2.05, 4.69) is 0 Å². The molecule has 0 radical (unpaired) electrons. The summed E-state index contributed by atoms with van der Waals surface area (Å²) in [5.41, 5.74) is 6.19. The van der Waals surface area contributed by atoms with Gasteiger partial charge in [-0.1, -0.05) is 0 Å². The van der Waals surface area contributed by atoms with Crippen LogP contribution in [0.25, 0.3) is 0 Å². The zero-order valence-electron chi connectivity index (χ0n) is 6.34. The average Bonchev–Trinajstić information content (AvgIpc) is 2.07. The molecule has 0 atom stereocenters. The lowest BCUT2D eigenvalue weighted by molar-refractivity contribution is 0.0698. The van der Waals surface area contributed by atoms with E-state index in [4.69, 9.17) is 10.8 Å². The van der Waals surface area contributed by atoms with Crippen molar-refractivity contribution in [1.82, 2.24) is 0 Å². The Labute approximate surface area is 68.5 Å². The van der Waals surface area contributed by atoms with Crippen molar-refractivity contribution in [1.29, 1.82) is 0 Å².